The van der Waals surface area contributed by atoms with Gasteiger partial charge in [0.2, 0.25) is 5.91 Å². The molecule has 6 nitrogen and oxygen atoms in total. The molecule has 1 unspecified atom stereocenters. The molecule has 1 aromatic carbocycles. The summed E-state index contributed by atoms with van der Waals surface area (Å²) in [6.07, 6.45) is 8.45. The van der Waals surface area contributed by atoms with Gasteiger partial charge in [-0.2, -0.15) is 0 Å². The Balaban J connectivity index is 1.79. The van der Waals surface area contributed by atoms with E-state index in [0.29, 0.717) is 10.7 Å². The zero-order valence-corrected chi connectivity index (χ0v) is 17.8. The van der Waals surface area contributed by atoms with Gasteiger partial charge in [-0.3, -0.25) is 19.5 Å². The number of hydrogen-bond donors (Lipinski definition) is 1. The summed E-state index contributed by atoms with van der Waals surface area (Å²) in [4.78, 5) is 37.4. The fraction of sp³-hybridized carbons (Fsp3) is 0.273. The lowest BCUT2D eigenvalue weighted by molar-refractivity contribution is -0.123. The van der Waals surface area contributed by atoms with Crippen LogP contribution in [0.5, 0.6) is 0 Å². The van der Waals surface area contributed by atoms with Gasteiger partial charge in [0, 0.05) is 23.3 Å². The Morgan fingerprint density at radius 2 is 1.93 bits per heavy atom. The number of anilines is 1. The van der Waals surface area contributed by atoms with Crippen molar-refractivity contribution >= 4 is 40.4 Å². The van der Waals surface area contributed by atoms with Crippen LogP contribution in [-0.4, -0.2) is 27.8 Å². The molecule has 0 aliphatic heterocycles. The molecule has 154 valence electrons. The maximum Gasteiger partial charge on any atom is 0.279 e. The summed E-state index contributed by atoms with van der Waals surface area (Å²) in [5.74, 6) is -0.655. The predicted molar refractivity (Wildman–Crippen MR) is 118 cm³/mol. The second-order valence-corrected chi connectivity index (χ2v) is 8.51. The number of para-hydroxylation sites is 1. The van der Waals surface area contributed by atoms with Crippen molar-refractivity contribution in [2.75, 3.05) is 4.90 Å². The lowest BCUT2D eigenvalue weighted by Crippen LogP contribution is -2.46. The van der Waals surface area contributed by atoms with Gasteiger partial charge in [-0.1, -0.05) is 42.6 Å². The minimum absolute atomic E-state index is 0.125. The molecular weight excluding hydrogens is 420 g/mol. The van der Waals surface area contributed by atoms with E-state index in [9.17, 15) is 9.59 Å². The van der Waals surface area contributed by atoms with Crippen LogP contribution < -0.4 is 10.2 Å². The number of nitrogens with zero attached hydrogens (tertiary/aromatic N) is 3. The van der Waals surface area contributed by atoms with E-state index in [-0.39, 0.29) is 17.6 Å². The summed E-state index contributed by atoms with van der Waals surface area (Å²) in [5.41, 5.74) is 0.599. The number of hydrogen-bond acceptors (Lipinski definition) is 5. The van der Waals surface area contributed by atoms with Crippen molar-refractivity contribution in [3.63, 3.8) is 0 Å². The third-order valence-electron chi connectivity index (χ3n) is 5.13. The molecule has 1 saturated carbocycles. The van der Waals surface area contributed by atoms with Crippen molar-refractivity contribution in [3.05, 3.63) is 76.0 Å². The average molecular weight is 441 g/mol. The van der Waals surface area contributed by atoms with Crippen LogP contribution in [0.1, 0.15) is 47.1 Å². The molecule has 30 heavy (non-hydrogen) atoms. The quantitative estimate of drug-likeness (QED) is 0.606. The summed E-state index contributed by atoms with van der Waals surface area (Å²) in [6.45, 7) is 0. The Morgan fingerprint density at radius 3 is 2.60 bits per heavy atom. The van der Waals surface area contributed by atoms with E-state index >= 15 is 0 Å². The summed E-state index contributed by atoms with van der Waals surface area (Å²) >= 11 is 7.90. The molecular formula is C22H21ClN4O2S. The van der Waals surface area contributed by atoms with Crippen molar-refractivity contribution < 1.29 is 9.59 Å². The lowest BCUT2D eigenvalue weighted by Gasteiger charge is -2.31. The number of benzene rings is 1. The van der Waals surface area contributed by atoms with E-state index in [1.54, 1.807) is 24.3 Å². The molecule has 2 amide bonds. The van der Waals surface area contributed by atoms with Gasteiger partial charge < -0.3 is 5.32 Å². The fourth-order valence-corrected chi connectivity index (χ4v) is 4.76. The van der Waals surface area contributed by atoms with E-state index in [0.717, 1.165) is 30.6 Å². The number of halogens is 1. The molecule has 3 aromatic rings. The van der Waals surface area contributed by atoms with Crippen LogP contribution in [0.15, 0.2) is 60.4 Å². The van der Waals surface area contributed by atoms with E-state index in [2.05, 4.69) is 15.3 Å². The van der Waals surface area contributed by atoms with Crippen LogP contribution >= 0.6 is 22.9 Å². The number of aromatic nitrogens is 2. The van der Waals surface area contributed by atoms with Gasteiger partial charge >= 0.3 is 0 Å². The summed E-state index contributed by atoms with van der Waals surface area (Å²) in [5, 5.41) is 5.41. The van der Waals surface area contributed by atoms with Crippen molar-refractivity contribution in [3.8, 4) is 0 Å². The van der Waals surface area contributed by atoms with Crippen LogP contribution in [0.3, 0.4) is 0 Å². The summed E-state index contributed by atoms with van der Waals surface area (Å²) in [6, 6.07) is 10.0. The van der Waals surface area contributed by atoms with Gasteiger partial charge in [0.1, 0.15) is 5.69 Å². The van der Waals surface area contributed by atoms with Crippen molar-refractivity contribution in [2.45, 2.75) is 37.8 Å². The number of rotatable bonds is 6. The normalized spacial score (nSPS) is 15.0. The maximum absolute atomic E-state index is 13.6. The molecule has 0 spiro atoms. The molecule has 1 fully saturated rings. The highest BCUT2D eigenvalue weighted by molar-refractivity contribution is 7.10. The first kappa shape index (κ1) is 20.5. The van der Waals surface area contributed by atoms with Gasteiger partial charge in [0.15, 0.2) is 6.04 Å². The zero-order valence-electron chi connectivity index (χ0n) is 16.2. The van der Waals surface area contributed by atoms with Crippen molar-refractivity contribution in [1.82, 2.24) is 15.3 Å². The molecule has 1 N–H and O–H groups in total. The summed E-state index contributed by atoms with van der Waals surface area (Å²) < 4.78 is 0. The smallest absolute Gasteiger partial charge is 0.279 e. The molecule has 1 aliphatic carbocycles. The number of carbonyl (C=O) groups is 2. The van der Waals surface area contributed by atoms with Gasteiger partial charge in [0.25, 0.3) is 5.91 Å². The van der Waals surface area contributed by atoms with Gasteiger partial charge in [0.05, 0.1) is 16.9 Å². The number of carbonyl (C=O) groups excluding carboxylic acids is 2. The Labute approximate surface area is 183 Å². The molecule has 1 atom stereocenters. The monoisotopic (exact) mass is 440 g/mol. The van der Waals surface area contributed by atoms with Crippen molar-refractivity contribution in [2.24, 2.45) is 0 Å². The lowest BCUT2D eigenvalue weighted by atomic mass is 10.1. The molecule has 0 bridgehead atoms. The zero-order chi connectivity index (χ0) is 20.9. The van der Waals surface area contributed by atoms with Crippen LogP contribution in [0, 0.1) is 0 Å². The number of amides is 2. The maximum atomic E-state index is 13.6. The number of thiophene rings is 1. The Morgan fingerprint density at radius 1 is 1.13 bits per heavy atom. The predicted octanol–water partition coefficient (Wildman–Crippen LogP) is 4.64. The minimum Gasteiger partial charge on any atom is -0.351 e. The molecule has 4 rings (SSSR count). The third-order valence-corrected chi connectivity index (χ3v) is 6.38. The van der Waals surface area contributed by atoms with E-state index in [1.807, 2.05) is 17.5 Å². The van der Waals surface area contributed by atoms with E-state index < -0.39 is 11.9 Å². The largest absolute Gasteiger partial charge is 0.351 e. The highest BCUT2D eigenvalue weighted by Gasteiger charge is 2.36. The van der Waals surface area contributed by atoms with Crippen molar-refractivity contribution in [1.29, 1.82) is 0 Å². The van der Waals surface area contributed by atoms with Crippen LogP contribution in [-0.2, 0) is 4.79 Å². The first-order valence-electron chi connectivity index (χ1n) is 9.83. The molecule has 1 aliphatic rings. The standard InChI is InChI=1S/C22H21ClN4O2S/c23-16-8-3-4-9-18(16)27(22(29)17-14-24-11-12-25-17)20(19-10-5-13-30-19)21(28)26-15-6-1-2-7-15/h3-5,8-15,20H,1-2,6-7H2,(H,26,28). The number of nitrogens with one attached hydrogen (secondary N) is 1. The van der Waals surface area contributed by atoms with Gasteiger partial charge in [-0.05, 0) is 36.4 Å². The summed E-state index contributed by atoms with van der Waals surface area (Å²) in [7, 11) is 0. The fourth-order valence-electron chi connectivity index (χ4n) is 3.72. The Kier molecular flexibility index (Phi) is 6.40. The topological polar surface area (TPSA) is 75.2 Å². The first-order chi connectivity index (χ1) is 14.6. The molecule has 2 heterocycles. The minimum atomic E-state index is -0.861. The van der Waals surface area contributed by atoms with Crippen LogP contribution in [0.4, 0.5) is 5.69 Å². The molecule has 0 radical (unpaired) electrons. The van der Waals surface area contributed by atoms with Crippen LogP contribution in [0.25, 0.3) is 0 Å². The SMILES string of the molecule is O=C(NC1CCCC1)C(c1cccs1)N(C(=O)c1cnccn1)c1ccccc1Cl. The first-order valence-corrected chi connectivity index (χ1v) is 11.1. The van der Waals surface area contributed by atoms with Gasteiger partial charge in [-0.15, -0.1) is 11.3 Å². The molecule has 0 saturated heterocycles. The molecule has 2 aromatic heterocycles. The van der Waals surface area contributed by atoms with Gasteiger partial charge in [-0.25, -0.2) is 4.98 Å². The Hall–Kier alpha value is -2.77. The van der Waals surface area contributed by atoms with Crippen LogP contribution in [0.2, 0.25) is 5.02 Å². The van der Waals surface area contributed by atoms with E-state index in [4.69, 9.17) is 11.6 Å². The average Bonchev–Trinajstić information content (AvgIpc) is 3.47. The second kappa shape index (κ2) is 9.36. The second-order valence-electron chi connectivity index (χ2n) is 7.13. The Bertz CT molecular complexity index is 1010. The van der Waals surface area contributed by atoms with E-state index in [1.165, 1.54) is 34.8 Å². The highest BCUT2D eigenvalue weighted by atomic mass is 35.5. The molecule has 8 heteroatoms. The highest BCUT2D eigenvalue weighted by Crippen LogP contribution is 2.36. The third kappa shape index (κ3) is 4.37.